The zero-order valence-electron chi connectivity index (χ0n) is 18.4. The highest BCUT2D eigenvalue weighted by Gasteiger charge is 2.37. The van der Waals surface area contributed by atoms with Crippen molar-refractivity contribution in [3.05, 3.63) is 51.6 Å². The number of rotatable bonds is 4. The van der Waals surface area contributed by atoms with Crippen LogP contribution in [-0.2, 0) is 17.1 Å². The van der Waals surface area contributed by atoms with Crippen LogP contribution >= 0.6 is 0 Å². The molecule has 0 bridgehead atoms. The molecule has 4 rings (SSSR count). The molecule has 2 aromatic rings. The van der Waals surface area contributed by atoms with Crippen LogP contribution in [0.25, 0.3) is 0 Å². The number of carbonyl (C=O) groups excluding carboxylic acids is 1. The minimum Gasteiger partial charge on any atom is -0.353 e. The van der Waals surface area contributed by atoms with Gasteiger partial charge in [0, 0.05) is 32.4 Å². The van der Waals surface area contributed by atoms with Gasteiger partial charge in [-0.25, -0.2) is 10.1 Å². The van der Waals surface area contributed by atoms with E-state index in [2.05, 4.69) is 10.1 Å². The number of alkyl halides is 6. The fourth-order valence-electron chi connectivity index (χ4n) is 4.35. The molecule has 1 unspecified atom stereocenters. The molecule has 2 aliphatic rings. The first-order valence-electron chi connectivity index (χ1n) is 10.9. The van der Waals surface area contributed by atoms with E-state index in [4.69, 9.17) is 0 Å². The van der Waals surface area contributed by atoms with E-state index in [0.29, 0.717) is 51.4 Å². The Labute approximate surface area is 195 Å². The molecule has 2 aliphatic heterocycles. The van der Waals surface area contributed by atoms with E-state index < -0.39 is 35.1 Å². The van der Waals surface area contributed by atoms with Gasteiger partial charge in [-0.15, -0.1) is 0 Å². The molecule has 0 saturated carbocycles. The molecule has 2 saturated heterocycles. The zero-order valence-corrected chi connectivity index (χ0v) is 18.4. The lowest BCUT2D eigenvalue weighted by molar-refractivity contribution is -0.139. The minimum atomic E-state index is -4.81. The summed E-state index contributed by atoms with van der Waals surface area (Å²) in [5.41, 5.74) is -3.43. The van der Waals surface area contributed by atoms with Gasteiger partial charge in [0.1, 0.15) is 11.4 Å². The number of aromatic amines is 1. The first-order chi connectivity index (χ1) is 16.4. The molecule has 14 heteroatoms. The Bertz CT molecular complexity index is 1110. The number of anilines is 1. The Hall–Kier alpha value is -3.16. The van der Waals surface area contributed by atoms with Crippen molar-refractivity contribution >= 4 is 11.7 Å². The van der Waals surface area contributed by atoms with Gasteiger partial charge in [-0.1, -0.05) is 0 Å². The van der Waals surface area contributed by atoms with Crippen LogP contribution < -0.4 is 10.5 Å². The van der Waals surface area contributed by atoms with Crippen LogP contribution in [-0.4, -0.2) is 70.2 Å². The molecule has 35 heavy (non-hydrogen) atoms. The van der Waals surface area contributed by atoms with Crippen molar-refractivity contribution in [1.82, 2.24) is 25.0 Å². The Morgan fingerprint density at radius 2 is 1.74 bits per heavy atom. The summed E-state index contributed by atoms with van der Waals surface area (Å²) in [5, 5.41) is 5.68. The normalized spacial score (nSPS) is 19.9. The van der Waals surface area contributed by atoms with Gasteiger partial charge in [0.25, 0.3) is 5.56 Å². The number of carbonyl (C=O) groups is 1. The maximum Gasteiger partial charge on any atom is 0.421 e. The van der Waals surface area contributed by atoms with Crippen molar-refractivity contribution in [2.75, 3.05) is 44.2 Å². The van der Waals surface area contributed by atoms with Gasteiger partial charge in [-0.3, -0.25) is 14.5 Å². The van der Waals surface area contributed by atoms with E-state index in [9.17, 15) is 35.9 Å². The molecular formula is C21H22F6N6O2. The molecule has 0 aromatic carbocycles. The number of piperazine rings is 1. The number of halogens is 6. The smallest absolute Gasteiger partial charge is 0.353 e. The van der Waals surface area contributed by atoms with Crippen molar-refractivity contribution in [3.8, 4) is 0 Å². The highest BCUT2D eigenvalue weighted by molar-refractivity contribution is 5.78. The van der Waals surface area contributed by atoms with Gasteiger partial charge in [0.15, 0.2) is 0 Å². The first kappa shape index (κ1) is 24.9. The molecule has 4 heterocycles. The highest BCUT2D eigenvalue weighted by atomic mass is 19.4. The molecule has 0 aliphatic carbocycles. The number of nitrogens with zero attached hydrogens (tertiary/aromatic N) is 5. The summed E-state index contributed by atoms with van der Waals surface area (Å²) < 4.78 is 77.5. The van der Waals surface area contributed by atoms with E-state index in [1.807, 2.05) is 5.10 Å². The van der Waals surface area contributed by atoms with Crippen LogP contribution in [0.5, 0.6) is 0 Å². The second kappa shape index (κ2) is 9.47. The van der Waals surface area contributed by atoms with Crippen molar-refractivity contribution < 1.29 is 31.1 Å². The largest absolute Gasteiger partial charge is 0.421 e. The lowest BCUT2D eigenvalue weighted by Gasteiger charge is -2.36. The number of likely N-dealkylation sites (tertiary alicyclic amines) is 1. The molecule has 8 nitrogen and oxygen atoms in total. The number of aromatic nitrogens is 3. The fourth-order valence-corrected chi connectivity index (χ4v) is 4.35. The molecule has 0 spiro atoms. The molecule has 1 N–H and O–H groups in total. The van der Waals surface area contributed by atoms with Crippen LogP contribution in [0.15, 0.2) is 29.2 Å². The molecule has 2 aromatic heterocycles. The third kappa shape index (κ3) is 5.57. The maximum atomic E-state index is 13.1. The van der Waals surface area contributed by atoms with E-state index >= 15 is 0 Å². The molecular weight excluding hydrogens is 482 g/mol. The summed E-state index contributed by atoms with van der Waals surface area (Å²) in [4.78, 5) is 33.4. The predicted octanol–water partition coefficient (Wildman–Crippen LogP) is 2.69. The van der Waals surface area contributed by atoms with Gasteiger partial charge >= 0.3 is 12.4 Å². The second-order valence-corrected chi connectivity index (χ2v) is 8.43. The van der Waals surface area contributed by atoms with Crippen molar-refractivity contribution in [2.45, 2.75) is 31.2 Å². The Balaban J connectivity index is 1.36. The maximum absolute atomic E-state index is 13.1. The third-order valence-electron chi connectivity index (χ3n) is 6.20. The Morgan fingerprint density at radius 3 is 2.34 bits per heavy atom. The third-order valence-corrected chi connectivity index (χ3v) is 6.20. The van der Waals surface area contributed by atoms with Gasteiger partial charge in [-0.2, -0.15) is 31.4 Å². The van der Waals surface area contributed by atoms with Crippen molar-refractivity contribution in [1.29, 1.82) is 0 Å². The van der Waals surface area contributed by atoms with Gasteiger partial charge in [0.2, 0.25) is 5.91 Å². The van der Waals surface area contributed by atoms with Crippen LogP contribution in [0.4, 0.5) is 32.2 Å². The number of nitrogens with one attached hydrogen (secondary N) is 1. The topological polar surface area (TPSA) is 85.4 Å². The summed E-state index contributed by atoms with van der Waals surface area (Å²) in [5.74, 6) is 0.173. The predicted molar refractivity (Wildman–Crippen MR) is 111 cm³/mol. The van der Waals surface area contributed by atoms with Crippen molar-refractivity contribution in [3.63, 3.8) is 0 Å². The van der Waals surface area contributed by atoms with Crippen LogP contribution in [0.2, 0.25) is 0 Å². The number of H-pyrrole nitrogens is 1. The fraction of sp³-hybridized carbons (Fsp3) is 0.524. The Kier molecular flexibility index (Phi) is 6.75. The lowest BCUT2D eigenvalue weighted by atomic mass is 10.1. The molecule has 190 valence electrons. The number of amides is 1. The number of hydrogen-bond donors (Lipinski definition) is 1. The Morgan fingerprint density at radius 1 is 1.03 bits per heavy atom. The van der Waals surface area contributed by atoms with Crippen LogP contribution in [0.3, 0.4) is 0 Å². The van der Waals surface area contributed by atoms with E-state index in [1.165, 1.54) is 6.07 Å². The SMILES string of the molecule is O=C(CN1CCCC1c1cc(C(F)(F)F)c(=O)[nH]n1)N1CCN(c2ccc(C(F)(F)F)cn2)CC1. The van der Waals surface area contributed by atoms with Gasteiger partial charge in [0.05, 0.1) is 23.8 Å². The van der Waals surface area contributed by atoms with E-state index in [1.54, 1.807) is 14.7 Å². The minimum absolute atomic E-state index is 0.0225. The monoisotopic (exact) mass is 504 g/mol. The van der Waals surface area contributed by atoms with E-state index in [0.717, 1.165) is 18.3 Å². The number of pyridine rings is 1. The standard InChI is InChI=1S/C21H22F6N6O2/c22-20(23,24)13-3-4-17(28-11-13)31-6-8-32(9-7-31)18(34)12-33-5-1-2-16(33)15-10-14(21(25,26)27)19(35)30-29-15/h3-4,10-11,16H,1-2,5-9,12H2,(H,30,35). The molecule has 0 radical (unpaired) electrons. The zero-order chi connectivity index (χ0) is 25.4. The summed E-state index contributed by atoms with van der Waals surface area (Å²) in [6, 6.07) is 2.46. The lowest BCUT2D eigenvalue weighted by Crippen LogP contribution is -2.51. The summed E-state index contributed by atoms with van der Waals surface area (Å²) in [6.45, 7) is 1.89. The van der Waals surface area contributed by atoms with Crippen molar-refractivity contribution in [2.24, 2.45) is 0 Å². The first-order valence-corrected chi connectivity index (χ1v) is 10.9. The molecule has 1 amide bonds. The van der Waals surface area contributed by atoms with Crippen LogP contribution in [0.1, 0.15) is 35.7 Å². The quantitative estimate of drug-likeness (QED) is 0.645. The highest BCUT2D eigenvalue weighted by Crippen LogP contribution is 2.33. The molecule has 2 fully saturated rings. The van der Waals surface area contributed by atoms with E-state index in [-0.39, 0.29) is 18.1 Å². The number of hydrogen-bond acceptors (Lipinski definition) is 6. The summed E-state index contributed by atoms with van der Waals surface area (Å²) in [7, 11) is 0. The average Bonchev–Trinajstić information content (AvgIpc) is 3.26. The van der Waals surface area contributed by atoms with Gasteiger partial charge < -0.3 is 9.80 Å². The van der Waals surface area contributed by atoms with Gasteiger partial charge in [-0.05, 0) is 37.6 Å². The second-order valence-electron chi connectivity index (χ2n) is 8.43. The van der Waals surface area contributed by atoms with Crippen LogP contribution in [0, 0.1) is 0 Å². The summed E-state index contributed by atoms with van der Waals surface area (Å²) in [6.07, 6.45) is -7.35. The average molecular weight is 504 g/mol. The molecule has 1 atom stereocenters. The summed E-state index contributed by atoms with van der Waals surface area (Å²) >= 11 is 0.